The molecule has 98 valence electrons. The van der Waals surface area contributed by atoms with Gasteiger partial charge in [0.2, 0.25) is 0 Å². The molecule has 17 heavy (non-hydrogen) atoms. The second-order valence-electron chi connectivity index (χ2n) is 4.87. The maximum atomic E-state index is 12.3. The van der Waals surface area contributed by atoms with Gasteiger partial charge < -0.3 is 5.11 Å². The van der Waals surface area contributed by atoms with Gasteiger partial charge in [0.1, 0.15) is 6.04 Å². The fourth-order valence-electron chi connectivity index (χ4n) is 2.52. The molecule has 7 heteroatoms. The highest BCUT2D eigenvalue weighted by atomic mass is 32.2. The maximum absolute atomic E-state index is 12.3. The molecule has 0 radical (unpaired) electrons. The SMILES string of the molecule is CC1CCN(S(=O)(=O)N2CCC[C@H]2C(=O)O)C1. The first kappa shape index (κ1) is 12.8. The first-order chi connectivity index (χ1) is 7.93. The van der Waals surface area contributed by atoms with Crippen LogP contribution >= 0.6 is 0 Å². The zero-order valence-corrected chi connectivity index (χ0v) is 10.7. The molecule has 2 rings (SSSR count). The van der Waals surface area contributed by atoms with Gasteiger partial charge in [-0.1, -0.05) is 6.92 Å². The summed E-state index contributed by atoms with van der Waals surface area (Å²) in [4.78, 5) is 11.0. The molecule has 0 saturated carbocycles. The van der Waals surface area contributed by atoms with Crippen LogP contribution in [0.1, 0.15) is 26.2 Å². The molecule has 2 atom stereocenters. The summed E-state index contributed by atoms with van der Waals surface area (Å²) in [5.41, 5.74) is 0. The van der Waals surface area contributed by atoms with Crippen molar-refractivity contribution >= 4 is 16.2 Å². The molecule has 2 heterocycles. The van der Waals surface area contributed by atoms with Crippen molar-refractivity contribution in [3.8, 4) is 0 Å². The predicted molar refractivity (Wildman–Crippen MR) is 61.6 cm³/mol. The summed E-state index contributed by atoms with van der Waals surface area (Å²) in [6.07, 6.45) is 1.89. The van der Waals surface area contributed by atoms with Crippen LogP contribution in [0.25, 0.3) is 0 Å². The normalized spacial score (nSPS) is 32.1. The quantitative estimate of drug-likeness (QED) is 0.783. The van der Waals surface area contributed by atoms with E-state index in [9.17, 15) is 13.2 Å². The van der Waals surface area contributed by atoms with Crippen molar-refractivity contribution in [2.24, 2.45) is 5.92 Å². The number of carboxylic acids is 1. The van der Waals surface area contributed by atoms with E-state index in [4.69, 9.17) is 5.11 Å². The van der Waals surface area contributed by atoms with Crippen molar-refractivity contribution in [3.05, 3.63) is 0 Å². The average Bonchev–Trinajstić information content (AvgIpc) is 2.84. The molecular formula is C10H18N2O4S. The molecule has 2 aliphatic heterocycles. The second kappa shape index (κ2) is 4.55. The Morgan fingerprint density at radius 3 is 2.53 bits per heavy atom. The minimum Gasteiger partial charge on any atom is -0.480 e. The van der Waals surface area contributed by atoms with Crippen LogP contribution in [-0.4, -0.2) is 53.8 Å². The summed E-state index contributed by atoms with van der Waals surface area (Å²) in [7, 11) is -3.58. The largest absolute Gasteiger partial charge is 0.480 e. The summed E-state index contributed by atoms with van der Waals surface area (Å²) in [5.74, 6) is -0.686. The number of rotatable bonds is 3. The van der Waals surface area contributed by atoms with Gasteiger partial charge >= 0.3 is 5.97 Å². The number of aliphatic carboxylic acids is 1. The van der Waals surface area contributed by atoms with Crippen molar-refractivity contribution in [1.29, 1.82) is 0 Å². The first-order valence-electron chi connectivity index (χ1n) is 5.92. The van der Waals surface area contributed by atoms with Crippen LogP contribution in [-0.2, 0) is 15.0 Å². The lowest BCUT2D eigenvalue weighted by Gasteiger charge is -2.26. The third-order valence-electron chi connectivity index (χ3n) is 3.50. The Labute approximate surface area is 101 Å². The van der Waals surface area contributed by atoms with Crippen molar-refractivity contribution in [2.75, 3.05) is 19.6 Å². The van der Waals surface area contributed by atoms with Crippen LogP contribution in [0.5, 0.6) is 0 Å². The van der Waals surface area contributed by atoms with E-state index >= 15 is 0 Å². The number of carboxylic acid groups (broad SMARTS) is 1. The van der Waals surface area contributed by atoms with Crippen LogP contribution in [0.15, 0.2) is 0 Å². The fourth-order valence-corrected chi connectivity index (χ4v) is 4.47. The lowest BCUT2D eigenvalue weighted by atomic mass is 10.2. The molecule has 0 aromatic carbocycles. The van der Waals surface area contributed by atoms with E-state index in [0.717, 1.165) is 10.7 Å². The Morgan fingerprint density at radius 2 is 2.00 bits per heavy atom. The number of hydrogen-bond donors (Lipinski definition) is 1. The molecule has 0 aromatic rings. The molecular weight excluding hydrogens is 244 g/mol. The smallest absolute Gasteiger partial charge is 0.322 e. The minimum atomic E-state index is -3.58. The third kappa shape index (κ3) is 2.31. The highest BCUT2D eigenvalue weighted by molar-refractivity contribution is 7.86. The van der Waals surface area contributed by atoms with E-state index in [1.54, 1.807) is 0 Å². The summed E-state index contributed by atoms with van der Waals surface area (Å²) in [6, 6.07) is -0.879. The van der Waals surface area contributed by atoms with Crippen molar-refractivity contribution < 1.29 is 18.3 Å². The van der Waals surface area contributed by atoms with Gasteiger partial charge in [-0.15, -0.1) is 0 Å². The highest BCUT2D eigenvalue weighted by Crippen LogP contribution is 2.27. The highest BCUT2D eigenvalue weighted by Gasteiger charge is 2.43. The molecule has 0 spiro atoms. The monoisotopic (exact) mass is 262 g/mol. The van der Waals surface area contributed by atoms with Gasteiger partial charge in [-0.2, -0.15) is 17.0 Å². The fraction of sp³-hybridized carbons (Fsp3) is 0.900. The summed E-state index contributed by atoms with van der Waals surface area (Å²) >= 11 is 0. The Bertz CT molecular complexity index is 409. The predicted octanol–water partition coefficient (Wildman–Crippen LogP) is 0.122. The minimum absolute atomic E-state index is 0.324. The molecule has 1 N–H and O–H groups in total. The van der Waals surface area contributed by atoms with Crippen molar-refractivity contribution in [3.63, 3.8) is 0 Å². The topological polar surface area (TPSA) is 77.9 Å². The van der Waals surface area contributed by atoms with Gasteiger partial charge in [-0.3, -0.25) is 4.79 Å². The Morgan fingerprint density at radius 1 is 1.29 bits per heavy atom. The van der Waals surface area contributed by atoms with E-state index in [2.05, 4.69) is 0 Å². The van der Waals surface area contributed by atoms with Gasteiger partial charge in [0.25, 0.3) is 10.2 Å². The molecule has 0 aromatic heterocycles. The number of hydrogen-bond acceptors (Lipinski definition) is 3. The standard InChI is InChI=1S/C10H18N2O4S/c1-8-4-6-11(7-8)17(15,16)12-5-2-3-9(12)10(13)14/h8-9H,2-7H2,1H3,(H,13,14)/t8?,9-/m0/s1. The summed E-state index contributed by atoms with van der Waals surface area (Å²) in [5, 5.41) is 9.02. The van der Waals surface area contributed by atoms with E-state index < -0.39 is 22.2 Å². The first-order valence-corrected chi connectivity index (χ1v) is 7.32. The van der Waals surface area contributed by atoms with Crippen LogP contribution in [0.2, 0.25) is 0 Å². The second-order valence-corrected chi connectivity index (χ2v) is 6.75. The van der Waals surface area contributed by atoms with E-state index in [-0.39, 0.29) is 0 Å². The van der Waals surface area contributed by atoms with E-state index in [0.29, 0.717) is 38.4 Å². The molecule has 0 amide bonds. The van der Waals surface area contributed by atoms with Gasteiger partial charge in [-0.25, -0.2) is 0 Å². The number of carbonyl (C=O) groups is 1. The van der Waals surface area contributed by atoms with Crippen LogP contribution < -0.4 is 0 Å². The van der Waals surface area contributed by atoms with Crippen LogP contribution in [0.3, 0.4) is 0 Å². The van der Waals surface area contributed by atoms with Gasteiger partial charge in [0.15, 0.2) is 0 Å². The van der Waals surface area contributed by atoms with Crippen LogP contribution in [0.4, 0.5) is 0 Å². The zero-order chi connectivity index (χ0) is 12.6. The van der Waals surface area contributed by atoms with Gasteiger partial charge in [-0.05, 0) is 25.2 Å². The summed E-state index contributed by atoms with van der Waals surface area (Å²) in [6.45, 7) is 3.34. The maximum Gasteiger partial charge on any atom is 0.322 e. The Balaban J connectivity index is 2.17. The zero-order valence-electron chi connectivity index (χ0n) is 9.87. The lowest BCUT2D eigenvalue weighted by molar-refractivity contribution is -0.140. The molecule has 2 saturated heterocycles. The summed E-state index contributed by atoms with van der Waals surface area (Å²) < 4.78 is 27.1. The van der Waals surface area contributed by atoms with Crippen molar-refractivity contribution in [2.45, 2.75) is 32.2 Å². The van der Waals surface area contributed by atoms with E-state index in [1.165, 1.54) is 4.31 Å². The average molecular weight is 262 g/mol. The molecule has 2 aliphatic rings. The molecule has 2 fully saturated rings. The molecule has 6 nitrogen and oxygen atoms in total. The third-order valence-corrected chi connectivity index (χ3v) is 5.51. The van der Waals surface area contributed by atoms with Crippen molar-refractivity contribution in [1.82, 2.24) is 8.61 Å². The van der Waals surface area contributed by atoms with E-state index in [1.807, 2.05) is 6.92 Å². The Hall–Kier alpha value is -0.660. The van der Waals surface area contributed by atoms with Gasteiger partial charge in [0, 0.05) is 19.6 Å². The molecule has 0 bridgehead atoms. The van der Waals surface area contributed by atoms with Crippen LogP contribution in [0, 0.1) is 5.92 Å². The molecule has 1 unspecified atom stereocenters. The lowest BCUT2D eigenvalue weighted by Crippen LogP contribution is -2.47. The molecule has 0 aliphatic carbocycles. The number of nitrogens with zero attached hydrogens (tertiary/aromatic N) is 2. The van der Waals surface area contributed by atoms with Gasteiger partial charge in [0.05, 0.1) is 0 Å². The Kier molecular flexibility index (Phi) is 3.42.